The maximum Gasteiger partial charge on any atom is 0.238 e. The normalized spacial score (nSPS) is 15.4. The van der Waals surface area contributed by atoms with E-state index in [4.69, 9.17) is 0 Å². The molecule has 0 aromatic heterocycles. The minimum atomic E-state index is 0.0201. The molecule has 150 valence electrons. The number of unbranched alkanes of at least 4 members (excludes halogenated alkanes) is 5. The van der Waals surface area contributed by atoms with Crippen LogP contribution in [0.25, 0.3) is 0 Å². The highest BCUT2D eigenvalue weighted by atomic mass is 16.2. The first kappa shape index (κ1) is 21.4. The van der Waals surface area contributed by atoms with Crippen LogP contribution in [0.5, 0.6) is 0 Å². The lowest BCUT2D eigenvalue weighted by atomic mass is 10.0. The van der Waals surface area contributed by atoms with E-state index in [1.807, 2.05) is 30.3 Å². The number of rotatable bonds is 11. The summed E-state index contributed by atoms with van der Waals surface area (Å²) in [4.78, 5) is 26.4. The zero-order chi connectivity index (χ0) is 19.3. The van der Waals surface area contributed by atoms with Crippen molar-refractivity contribution in [1.29, 1.82) is 0 Å². The van der Waals surface area contributed by atoms with Gasteiger partial charge in [0.25, 0.3) is 0 Å². The molecule has 1 heterocycles. The SMILES string of the molecule is CCCCCCCCC(=O)NC1CCN(CC(=O)Nc2ccccc2)CC1. The van der Waals surface area contributed by atoms with Crippen molar-refractivity contribution in [3.63, 3.8) is 0 Å². The van der Waals surface area contributed by atoms with Crippen LogP contribution in [0.3, 0.4) is 0 Å². The van der Waals surface area contributed by atoms with Gasteiger partial charge in [-0.25, -0.2) is 0 Å². The van der Waals surface area contributed by atoms with Crippen molar-refractivity contribution in [2.24, 2.45) is 0 Å². The number of amides is 2. The molecule has 0 spiro atoms. The first-order chi connectivity index (χ1) is 13.2. The van der Waals surface area contributed by atoms with Crippen LogP contribution in [-0.2, 0) is 9.59 Å². The van der Waals surface area contributed by atoms with Gasteiger partial charge in [0.15, 0.2) is 0 Å². The van der Waals surface area contributed by atoms with Crippen LogP contribution < -0.4 is 10.6 Å². The van der Waals surface area contributed by atoms with Gasteiger partial charge >= 0.3 is 0 Å². The fourth-order valence-corrected chi connectivity index (χ4v) is 3.53. The maximum atomic E-state index is 12.1. The third kappa shape index (κ3) is 9.05. The largest absolute Gasteiger partial charge is 0.353 e. The van der Waals surface area contributed by atoms with E-state index in [9.17, 15) is 9.59 Å². The van der Waals surface area contributed by atoms with Gasteiger partial charge in [0, 0.05) is 31.2 Å². The number of hydrogen-bond acceptors (Lipinski definition) is 3. The molecule has 27 heavy (non-hydrogen) atoms. The molecule has 5 nitrogen and oxygen atoms in total. The molecule has 5 heteroatoms. The van der Waals surface area contributed by atoms with Gasteiger partial charge in [0.05, 0.1) is 6.54 Å². The van der Waals surface area contributed by atoms with Gasteiger partial charge in [-0.15, -0.1) is 0 Å². The van der Waals surface area contributed by atoms with Crippen LogP contribution in [-0.4, -0.2) is 42.4 Å². The van der Waals surface area contributed by atoms with E-state index in [0.29, 0.717) is 13.0 Å². The highest BCUT2D eigenvalue weighted by Crippen LogP contribution is 2.12. The van der Waals surface area contributed by atoms with E-state index in [0.717, 1.165) is 44.5 Å². The van der Waals surface area contributed by atoms with Crippen molar-refractivity contribution in [3.8, 4) is 0 Å². The second-order valence-corrected chi connectivity index (χ2v) is 7.55. The molecule has 2 amide bonds. The molecule has 1 aliphatic rings. The number of piperidine rings is 1. The van der Waals surface area contributed by atoms with Gasteiger partial charge in [-0.3, -0.25) is 14.5 Å². The number of nitrogens with one attached hydrogen (secondary N) is 2. The molecule has 2 rings (SSSR count). The summed E-state index contributed by atoms with van der Waals surface area (Å²) in [5, 5.41) is 6.09. The molecule has 0 bridgehead atoms. The second kappa shape index (κ2) is 12.5. The summed E-state index contributed by atoms with van der Waals surface area (Å²) in [5.74, 6) is 0.206. The number of benzene rings is 1. The average molecular weight is 374 g/mol. The topological polar surface area (TPSA) is 61.4 Å². The van der Waals surface area contributed by atoms with E-state index in [-0.39, 0.29) is 17.9 Å². The molecule has 1 fully saturated rings. The second-order valence-electron chi connectivity index (χ2n) is 7.55. The van der Waals surface area contributed by atoms with Gasteiger partial charge in [-0.2, -0.15) is 0 Å². The monoisotopic (exact) mass is 373 g/mol. The molecule has 0 saturated carbocycles. The van der Waals surface area contributed by atoms with Crippen LogP contribution in [0.2, 0.25) is 0 Å². The highest BCUT2D eigenvalue weighted by molar-refractivity contribution is 5.92. The lowest BCUT2D eigenvalue weighted by molar-refractivity contribution is -0.122. The van der Waals surface area contributed by atoms with Gasteiger partial charge < -0.3 is 10.6 Å². The Morgan fingerprint density at radius 3 is 2.33 bits per heavy atom. The first-order valence-corrected chi connectivity index (χ1v) is 10.5. The van der Waals surface area contributed by atoms with E-state index in [1.165, 1.54) is 25.7 Å². The lowest BCUT2D eigenvalue weighted by Crippen LogP contribution is -2.46. The number of likely N-dealkylation sites (tertiary alicyclic amines) is 1. The minimum absolute atomic E-state index is 0.0201. The number of carbonyl (C=O) groups excluding carboxylic acids is 2. The summed E-state index contributed by atoms with van der Waals surface area (Å²) in [6.45, 7) is 4.33. The van der Waals surface area contributed by atoms with Gasteiger partial charge in [0.2, 0.25) is 11.8 Å². The van der Waals surface area contributed by atoms with Gasteiger partial charge in [-0.05, 0) is 31.4 Å². The predicted molar refractivity (Wildman–Crippen MR) is 111 cm³/mol. The highest BCUT2D eigenvalue weighted by Gasteiger charge is 2.21. The van der Waals surface area contributed by atoms with Crippen molar-refractivity contribution in [2.45, 2.75) is 70.8 Å². The molecule has 1 saturated heterocycles. The van der Waals surface area contributed by atoms with E-state index in [2.05, 4.69) is 22.5 Å². The molecular formula is C22H35N3O2. The number of hydrogen-bond donors (Lipinski definition) is 2. The van der Waals surface area contributed by atoms with Crippen LogP contribution in [0.1, 0.15) is 64.7 Å². The maximum absolute atomic E-state index is 12.1. The quantitative estimate of drug-likeness (QED) is 0.577. The summed E-state index contributed by atoms with van der Waals surface area (Å²) in [5.41, 5.74) is 0.833. The fraction of sp³-hybridized carbons (Fsp3) is 0.636. The number of carbonyl (C=O) groups is 2. The Morgan fingerprint density at radius 2 is 1.63 bits per heavy atom. The Labute approximate surface area is 163 Å². The molecule has 1 aromatic carbocycles. The summed E-state index contributed by atoms with van der Waals surface area (Å²) < 4.78 is 0. The number of nitrogens with zero attached hydrogens (tertiary/aromatic N) is 1. The molecule has 2 N–H and O–H groups in total. The smallest absolute Gasteiger partial charge is 0.238 e. The van der Waals surface area contributed by atoms with Crippen LogP contribution in [0.4, 0.5) is 5.69 Å². The first-order valence-electron chi connectivity index (χ1n) is 10.5. The molecule has 0 unspecified atom stereocenters. The molecular weight excluding hydrogens is 338 g/mol. The number of anilines is 1. The molecule has 0 radical (unpaired) electrons. The van der Waals surface area contributed by atoms with Crippen molar-refractivity contribution in [1.82, 2.24) is 10.2 Å². The Balaban J connectivity index is 1.55. The fourth-order valence-electron chi connectivity index (χ4n) is 3.53. The van der Waals surface area contributed by atoms with E-state index < -0.39 is 0 Å². The summed E-state index contributed by atoms with van der Waals surface area (Å²) in [6.07, 6.45) is 9.71. The average Bonchev–Trinajstić information content (AvgIpc) is 2.67. The number of para-hydroxylation sites is 1. The summed E-state index contributed by atoms with van der Waals surface area (Å²) >= 11 is 0. The molecule has 0 atom stereocenters. The van der Waals surface area contributed by atoms with Crippen molar-refractivity contribution >= 4 is 17.5 Å². The van der Waals surface area contributed by atoms with Crippen molar-refractivity contribution in [2.75, 3.05) is 25.0 Å². The van der Waals surface area contributed by atoms with Crippen LogP contribution >= 0.6 is 0 Å². The standard InChI is InChI=1S/C22H35N3O2/c1-2-3-4-5-6-10-13-21(26)23-20-14-16-25(17-15-20)18-22(27)24-19-11-8-7-9-12-19/h7-9,11-12,20H,2-6,10,13-18H2,1H3,(H,23,26)(H,24,27). The lowest BCUT2D eigenvalue weighted by Gasteiger charge is -2.31. The molecule has 1 aromatic rings. The van der Waals surface area contributed by atoms with Crippen LogP contribution in [0.15, 0.2) is 30.3 Å². The zero-order valence-corrected chi connectivity index (χ0v) is 16.7. The van der Waals surface area contributed by atoms with E-state index >= 15 is 0 Å². The Hall–Kier alpha value is -1.88. The molecule has 0 aliphatic carbocycles. The molecule has 1 aliphatic heterocycles. The van der Waals surface area contributed by atoms with E-state index in [1.54, 1.807) is 0 Å². The minimum Gasteiger partial charge on any atom is -0.353 e. The Bertz CT molecular complexity index is 554. The predicted octanol–water partition coefficient (Wildman–Crippen LogP) is 3.96. The third-order valence-corrected chi connectivity index (χ3v) is 5.13. The summed E-state index contributed by atoms with van der Waals surface area (Å²) in [7, 11) is 0. The van der Waals surface area contributed by atoms with Crippen molar-refractivity contribution in [3.05, 3.63) is 30.3 Å². The summed E-state index contributed by atoms with van der Waals surface area (Å²) in [6, 6.07) is 9.80. The van der Waals surface area contributed by atoms with Gasteiger partial charge in [0.1, 0.15) is 0 Å². The van der Waals surface area contributed by atoms with Crippen molar-refractivity contribution < 1.29 is 9.59 Å². The third-order valence-electron chi connectivity index (χ3n) is 5.13. The van der Waals surface area contributed by atoms with Crippen LogP contribution in [0, 0.1) is 0 Å². The Morgan fingerprint density at radius 1 is 0.963 bits per heavy atom. The Kier molecular flexibility index (Phi) is 9.91. The zero-order valence-electron chi connectivity index (χ0n) is 16.7. The van der Waals surface area contributed by atoms with Gasteiger partial charge in [-0.1, -0.05) is 57.2 Å².